The fraction of sp³-hybridized carbons (Fsp3) is 0.250. The number of anilines is 1. The van der Waals surface area contributed by atoms with E-state index in [2.05, 4.69) is 31.0 Å². The Hall–Kier alpha value is -3.02. The standard InChI is InChI=1S/C16H14BrF2N5O4/c1-22-12-11(13(26)23(2)16(22)27)21-14(17)24(12)7-10(25)20-8-3-5-9(6-4-8)28-15(18)19/h3-6,15H,7H2,1-2H3,(H,20,25). The lowest BCUT2D eigenvalue weighted by Crippen LogP contribution is -2.37. The van der Waals surface area contributed by atoms with Gasteiger partial charge in [-0.2, -0.15) is 8.78 Å². The first kappa shape index (κ1) is 19.7. The van der Waals surface area contributed by atoms with E-state index in [1.54, 1.807) is 0 Å². The molecule has 12 heteroatoms. The van der Waals surface area contributed by atoms with Crippen LogP contribution in [0.15, 0.2) is 38.6 Å². The second kappa shape index (κ2) is 7.54. The number of imidazole rings is 1. The Morgan fingerprint density at radius 1 is 1.21 bits per heavy atom. The molecule has 0 unspecified atom stereocenters. The number of carbonyl (C=O) groups is 1. The molecule has 148 valence electrons. The minimum atomic E-state index is -2.94. The van der Waals surface area contributed by atoms with E-state index >= 15 is 0 Å². The number of aryl methyl sites for hydroxylation is 1. The fourth-order valence-corrected chi connectivity index (χ4v) is 3.14. The number of nitrogens with one attached hydrogen (secondary N) is 1. The van der Waals surface area contributed by atoms with E-state index in [-0.39, 0.29) is 28.2 Å². The minimum absolute atomic E-state index is 0.0396. The Balaban J connectivity index is 1.87. The summed E-state index contributed by atoms with van der Waals surface area (Å²) in [6.45, 7) is -3.18. The Kier molecular flexibility index (Phi) is 5.31. The quantitative estimate of drug-likeness (QED) is 0.584. The van der Waals surface area contributed by atoms with Gasteiger partial charge in [0.2, 0.25) is 5.91 Å². The number of aromatic nitrogens is 4. The molecule has 2 heterocycles. The molecule has 0 bridgehead atoms. The number of carbonyl (C=O) groups excluding carboxylic acids is 1. The molecule has 0 aliphatic heterocycles. The molecule has 0 spiro atoms. The van der Waals surface area contributed by atoms with Gasteiger partial charge < -0.3 is 10.1 Å². The van der Waals surface area contributed by atoms with Crippen molar-refractivity contribution in [1.29, 1.82) is 0 Å². The molecule has 2 aromatic heterocycles. The van der Waals surface area contributed by atoms with Crippen LogP contribution in [0, 0.1) is 0 Å². The van der Waals surface area contributed by atoms with Gasteiger partial charge in [0.05, 0.1) is 0 Å². The molecule has 0 saturated carbocycles. The number of amides is 1. The smallest absolute Gasteiger partial charge is 0.387 e. The summed E-state index contributed by atoms with van der Waals surface area (Å²) in [7, 11) is 2.81. The van der Waals surface area contributed by atoms with E-state index in [4.69, 9.17) is 0 Å². The lowest BCUT2D eigenvalue weighted by atomic mass is 10.3. The van der Waals surface area contributed by atoms with Crippen LogP contribution in [0.25, 0.3) is 11.2 Å². The van der Waals surface area contributed by atoms with Gasteiger partial charge in [0, 0.05) is 19.8 Å². The average Bonchev–Trinajstić information content (AvgIpc) is 2.96. The molecule has 0 radical (unpaired) electrons. The molecule has 9 nitrogen and oxygen atoms in total. The summed E-state index contributed by atoms with van der Waals surface area (Å²) in [6, 6.07) is 5.39. The maximum absolute atomic E-state index is 12.4. The van der Waals surface area contributed by atoms with Crippen LogP contribution < -0.4 is 21.3 Å². The van der Waals surface area contributed by atoms with Gasteiger partial charge in [0.15, 0.2) is 15.9 Å². The summed E-state index contributed by atoms with van der Waals surface area (Å²) >= 11 is 3.19. The number of ether oxygens (including phenoxy) is 1. The second-order valence-corrected chi connectivity index (χ2v) is 6.51. The minimum Gasteiger partial charge on any atom is -0.435 e. The summed E-state index contributed by atoms with van der Waals surface area (Å²) in [4.78, 5) is 40.9. The number of fused-ring (bicyclic) bond motifs is 1. The van der Waals surface area contributed by atoms with Gasteiger partial charge in [-0.05, 0) is 40.2 Å². The molecule has 1 amide bonds. The van der Waals surface area contributed by atoms with E-state index in [1.165, 1.54) is 47.5 Å². The molecule has 3 rings (SSSR count). The summed E-state index contributed by atoms with van der Waals surface area (Å²) in [6.07, 6.45) is 0. The highest BCUT2D eigenvalue weighted by atomic mass is 79.9. The van der Waals surface area contributed by atoms with Crippen LogP contribution in [-0.4, -0.2) is 31.2 Å². The number of halogens is 3. The highest BCUT2D eigenvalue weighted by molar-refractivity contribution is 9.10. The zero-order valence-corrected chi connectivity index (χ0v) is 16.2. The predicted octanol–water partition coefficient (Wildman–Crippen LogP) is 1.44. The molecule has 0 saturated heterocycles. The van der Waals surface area contributed by atoms with Crippen molar-refractivity contribution in [2.75, 3.05) is 5.32 Å². The molecular formula is C16H14BrF2N5O4. The van der Waals surface area contributed by atoms with Gasteiger partial charge in [-0.15, -0.1) is 0 Å². The van der Waals surface area contributed by atoms with E-state index in [9.17, 15) is 23.2 Å². The first-order valence-electron chi connectivity index (χ1n) is 7.85. The largest absolute Gasteiger partial charge is 0.435 e. The molecular weight excluding hydrogens is 444 g/mol. The zero-order chi connectivity index (χ0) is 20.6. The summed E-state index contributed by atoms with van der Waals surface area (Å²) in [5, 5.41) is 2.59. The summed E-state index contributed by atoms with van der Waals surface area (Å²) in [5.41, 5.74) is -0.542. The third-order valence-electron chi connectivity index (χ3n) is 3.96. The van der Waals surface area contributed by atoms with Gasteiger partial charge in [0.25, 0.3) is 5.56 Å². The van der Waals surface area contributed by atoms with Gasteiger partial charge in [-0.25, -0.2) is 9.78 Å². The summed E-state index contributed by atoms with van der Waals surface area (Å²) in [5.74, 6) is -0.516. The van der Waals surface area contributed by atoms with Crippen molar-refractivity contribution in [1.82, 2.24) is 18.7 Å². The number of hydrogen-bond acceptors (Lipinski definition) is 5. The van der Waals surface area contributed by atoms with Crippen LogP contribution in [-0.2, 0) is 25.4 Å². The molecule has 0 aliphatic rings. The predicted molar refractivity (Wildman–Crippen MR) is 99.6 cm³/mol. The van der Waals surface area contributed by atoms with Crippen LogP contribution in [0.3, 0.4) is 0 Å². The summed E-state index contributed by atoms with van der Waals surface area (Å²) < 4.78 is 32.3. The number of alkyl halides is 2. The van der Waals surface area contributed by atoms with Crippen molar-refractivity contribution in [3.8, 4) is 5.75 Å². The third kappa shape index (κ3) is 3.67. The van der Waals surface area contributed by atoms with E-state index in [1.807, 2.05) is 0 Å². The van der Waals surface area contributed by atoms with Crippen molar-refractivity contribution in [2.24, 2.45) is 14.1 Å². The monoisotopic (exact) mass is 457 g/mol. The maximum atomic E-state index is 12.4. The molecule has 28 heavy (non-hydrogen) atoms. The van der Waals surface area contributed by atoms with Crippen LogP contribution >= 0.6 is 15.9 Å². The van der Waals surface area contributed by atoms with Crippen LogP contribution in [0.4, 0.5) is 14.5 Å². The molecule has 3 aromatic rings. The lowest BCUT2D eigenvalue weighted by molar-refractivity contribution is -0.116. The number of nitrogens with zero attached hydrogens (tertiary/aromatic N) is 4. The average molecular weight is 458 g/mol. The van der Waals surface area contributed by atoms with Gasteiger partial charge >= 0.3 is 12.3 Å². The lowest BCUT2D eigenvalue weighted by Gasteiger charge is -2.11. The Morgan fingerprint density at radius 2 is 1.86 bits per heavy atom. The Bertz CT molecular complexity index is 1170. The van der Waals surface area contributed by atoms with E-state index in [0.717, 1.165) is 4.57 Å². The first-order valence-corrected chi connectivity index (χ1v) is 8.65. The molecule has 0 aliphatic carbocycles. The SMILES string of the molecule is Cn1c(=O)c2nc(Br)n(CC(=O)Nc3ccc(OC(F)F)cc3)c2n(C)c1=O. The van der Waals surface area contributed by atoms with Crippen LogP contribution in [0.1, 0.15) is 0 Å². The Morgan fingerprint density at radius 3 is 2.46 bits per heavy atom. The Labute approximate surface area is 164 Å². The van der Waals surface area contributed by atoms with Crippen LogP contribution in [0.2, 0.25) is 0 Å². The number of rotatable bonds is 5. The molecule has 0 atom stereocenters. The number of benzene rings is 1. The fourth-order valence-electron chi connectivity index (χ4n) is 2.67. The van der Waals surface area contributed by atoms with Gasteiger partial charge in [-0.1, -0.05) is 0 Å². The second-order valence-electron chi connectivity index (χ2n) is 5.80. The van der Waals surface area contributed by atoms with Crippen molar-refractivity contribution < 1.29 is 18.3 Å². The molecule has 1 N–H and O–H groups in total. The maximum Gasteiger partial charge on any atom is 0.387 e. The topological polar surface area (TPSA) is 100 Å². The third-order valence-corrected chi connectivity index (χ3v) is 4.56. The zero-order valence-electron chi connectivity index (χ0n) is 14.6. The van der Waals surface area contributed by atoms with E-state index < -0.39 is 23.8 Å². The van der Waals surface area contributed by atoms with Crippen molar-refractivity contribution >= 4 is 38.7 Å². The molecule has 0 fully saturated rings. The van der Waals surface area contributed by atoms with Gasteiger partial charge in [0.1, 0.15) is 12.3 Å². The normalized spacial score (nSPS) is 11.2. The van der Waals surface area contributed by atoms with Gasteiger partial charge in [-0.3, -0.25) is 23.3 Å². The highest BCUT2D eigenvalue weighted by Gasteiger charge is 2.19. The van der Waals surface area contributed by atoms with Crippen molar-refractivity contribution in [3.05, 3.63) is 49.8 Å². The van der Waals surface area contributed by atoms with E-state index in [0.29, 0.717) is 5.69 Å². The van der Waals surface area contributed by atoms with Crippen molar-refractivity contribution in [2.45, 2.75) is 13.2 Å². The van der Waals surface area contributed by atoms with Crippen molar-refractivity contribution in [3.63, 3.8) is 0 Å². The molecule has 1 aromatic carbocycles. The highest BCUT2D eigenvalue weighted by Crippen LogP contribution is 2.19. The number of hydrogen-bond donors (Lipinski definition) is 1. The van der Waals surface area contributed by atoms with Crippen LogP contribution in [0.5, 0.6) is 5.75 Å². The first-order chi connectivity index (χ1) is 13.2.